The summed E-state index contributed by atoms with van der Waals surface area (Å²) in [6, 6.07) is 6.79. The topological polar surface area (TPSA) is 9.23 Å². The van der Waals surface area contributed by atoms with Crippen molar-refractivity contribution in [3.63, 3.8) is 0 Å². The van der Waals surface area contributed by atoms with Crippen LogP contribution < -0.4 is 0 Å². The maximum absolute atomic E-state index is 11.9. The molecule has 0 spiro atoms. The highest BCUT2D eigenvalue weighted by Crippen LogP contribution is 2.22. The largest absolute Gasteiger partial charge is 0.411 e. The molecular weight excluding hydrogens is 276 g/mol. The van der Waals surface area contributed by atoms with E-state index in [1.165, 1.54) is 0 Å². The SMILES string of the molecule is FC(F)(F)COCC(CCl)c1ccc(Cl)cc1. The summed E-state index contributed by atoms with van der Waals surface area (Å²) in [7, 11) is 0. The minimum atomic E-state index is -4.31. The molecule has 0 saturated carbocycles. The van der Waals surface area contributed by atoms with Crippen LogP contribution in [0.15, 0.2) is 24.3 Å². The van der Waals surface area contributed by atoms with E-state index >= 15 is 0 Å². The number of halogens is 5. The maximum Gasteiger partial charge on any atom is 0.411 e. The van der Waals surface area contributed by atoms with Crippen molar-refractivity contribution in [3.05, 3.63) is 34.9 Å². The van der Waals surface area contributed by atoms with Crippen LogP contribution in [0.5, 0.6) is 0 Å². The second-order valence-electron chi connectivity index (χ2n) is 3.53. The van der Waals surface area contributed by atoms with Gasteiger partial charge in [0.25, 0.3) is 0 Å². The van der Waals surface area contributed by atoms with Crippen LogP contribution in [-0.2, 0) is 4.74 Å². The lowest BCUT2D eigenvalue weighted by Crippen LogP contribution is -2.20. The molecule has 0 aromatic heterocycles. The van der Waals surface area contributed by atoms with Crippen LogP contribution in [0.4, 0.5) is 13.2 Å². The van der Waals surface area contributed by atoms with Gasteiger partial charge in [-0.3, -0.25) is 0 Å². The first kappa shape index (κ1) is 14.6. The summed E-state index contributed by atoms with van der Waals surface area (Å²) in [4.78, 5) is 0. The molecule has 0 N–H and O–H groups in total. The summed E-state index contributed by atoms with van der Waals surface area (Å²) in [6.45, 7) is -1.32. The third-order valence-electron chi connectivity index (χ3n) is 2.11. The lowest BCUT2D eigenvalue weighted by molar-refractivity contribution is -0.174. The Balaban J connectivity index is 2.51. The first-order valence-corrected chi connectivity index (χ1v) is 5.79. The van der Waals surface area contributed by atoms with E-state index in [2.05, 4.69) is 4.74 Å². The smallest absolute Gasteiger partial charge is 0.371 e. The summed E-state index contributed by atoms with van der Waals surface area (Å²) >= 11 is 11.4. The van der Waals surface area contributed by atoms with Crippen molar-refractivity contribution >= 4 is 23.2 Å². The molecule has 0 amide bonds. The first-order valence-electron chi connectivity index (χ1n) is 4.88. The van der Waals surface area contributed by atoms with Gasteiger partial charge in [-0.1, -0.05) is 23.7 Å². The molecule has 0 aliphatic heterocycles. The number of hydrogen-bond donors (Lipinski definition) is 0. The second-order valence-corrected chi connectivity index (χ2v) is 4.28. The fourth-order valence-electron chi connectivity index (χ4n) is 1.28. The van der Waals surface area contributed by atoms with E-state index in [1.54, 1.807) is 24.3 Å². The van der Waals surface area contributed by atoms with E-state index in [9.17, 15) is 13.2 Å². The summed E-state index contributed by atoms with van der Waals surface area (Å²) < 4.78 is 40.3. The molecule has 6 heteroatoms. The van der Waals surface area contributed by atoms with Crippen molar-refractivity contribution in [2.24, 2.45) is 0 Å². The van der Waals surface area contributed by atoms with Gasteiger partial charge in [-0.25, -0.2) is 0 Å². The Morgan fingerprint density at radius 3 is 2.24 bits per heavy atom. The van der Waals surface area contributed by atoms with E-state index in [1.807, 2.05) is 0 Å². The number of ether oxygens (including phenoxy) is 1. The summed E-state index contributed by atoms with van der Waals surface area (Å²) in [6.07, 6.45) is -4.31. The first-order chi connectivity index (χ1) is 7.92. The highest BCUT2D eigenvalue weighted by atomic mass is 35.5. The van der Waals surface area contributed by atoms with Crippen molar-refractivity contribution in [1.82, 2.24) is 0 Å². The van der Waals surface area contributed by atoms with E-state index < -0.39 is 12.8 Å². The normalized spacial score (nSPS) is 13.7. The Morgan fingerprint density at radius 1 is 1.18 bits per heavy atom. The molecule has 96 valence electrons. The molecule has 1 nitrogen and oxygen atoms in total. The Morgan fingerprint density at radius 2 is 1.76 bits per heavy atom. The van der Waals surface area contributed by atoms with E-state index in [4.69, 9.17) is 23.2 Å². The monoisotopic (exact) mass is 286 g/mol. The molecule has 0 aliphatic rings. The zero-order valence-corrected chi connectivity index (χ0v) is 10.3. The van der Waals surface area contributed by atoms with Gasteiger partial charge in [0.2, 0.25) is 0 Å². The molecule has 1 rings (SSSR count). The molecule has 1 aromatic carbocycles. The van der Waals surface area contributed by atoms with Crippen LogP contribution in [0, 0.1) is 0 Å². The average molecular weight is 287 g/mol. The van der Waals surface area contributed by atoms with Crippen LogP contribution in [0.1, 0.15) is 11.5 Å². The molecule has 1 aromatic rings. The van der Waals surface area contributed by atoms with E-state index in [-0.39, 0.29) is 18.4 Å². The van der Waals surface area contributed by atoms with Gasteiger partial charge in [0.05, 0.1) is 6.61 Å². The molecule has 1 atom stereocenters. The quantitative estimate of drug-likeness (QED) is 0.736. The van der Waals surface area contributed by atoms with Crippen molar-refractivity contribution < 1.29 is 17.9 Å². The van der Waals surface area contributed by atoms with Gasteiger partial charge < -0.3 is 4.74 Å². The predicted molar refractivity (Wildman–Crippen MR) is 61.8 cm³/mol. The van der Waals surface area contributed by atoms with Crippen molar-refractivity contribution in [2.45, 2.75) is 12.1 Å². The third kappa shape index (κ3) is 5.61. The van der Waals surface area contributed by atoms with Gasteiger partial charge in [-0.05, 0) is 17.7 Å². The lowest BCUT2D eigenvalue weighted by Gasteiger charge is -2.15. The van der Waals surface area contributed by atoms with Crippen LogP contribution in [0.3, 0.4) is 0 Å². The molecule has 1 unspecified atom stereocenters. The number of alkyl halides is 4. The van der Waals surface area contributed by atoms with E-state index in [0.29, 0.717) is 5.02 Å². The highest BCUT2D eigenvalue weighted by Gasteiger charge is 2.28. The Hall–Kier alpha value is -0.450. The summed E-state index contributed by atoms with van der Waals surface area (Å²) in [5, 5.41) is 0.568. The third-order valence-corrected chi connectivity index (χ3v) is 2.74. The standard InChI is InChI=1S/C11H11Cl2F3O/c12-5-9(6-17-7-11(14,15)16)8-1-3-10(13)4-2-8/h1-4,9H,5-7H2. The molecule has 0 bridgehead atoms. The van der Waals surface area contributed by atoms with Gasteiger partial charge >= 0.3 is 6.18 Å². The van der Waals surface area contributed by atoms with Crippen LogP contribution in [0.25, 0.3) is 0 Å². The zero-order valence-electron chi connectivity index (χ0n) is 8.81. The van der Waals surface area contributed by atoms with Crippen molar-refractivity contribution in [2.75, 3.05) is 19.1 Å². The minimum Gasteiger partial charge on any atom is -0.371 e. The molecule has 17 heavy (non-hydrogen) atoms. The van der Waals surface area contributed by atoms with Crippen molar-refractivity contribution in [1.29, 1.82) is 0 Å². The molecular formula is C11H11Cl2F3O. The summed E-state index contributed by atoms with van der Waals surface area (Å²) in [5.41, 5.74) is 0.812. The highest BCUT2D eigenvalue weighted by molar-refractivity contribution is 6.30. The minimum absolute atomic E-state index is 0.0648. The number of hydrogen-bond acceptors (Lipinski definition) is 1. The van der Waals surface area contributed by atoms with Crippen LogP contribution in [-0.4, -0.2) is 25.3 Å². The summed E-state index contributed by atoms with van der Waals surface area (Å²) in [5.74, 6) is -0.0734. The predicted octanol–water partition coefficient (Wildman–Crippen LogP) is 4.24. The maximum atomic E-state index is 11.9. The van der Waals surface area contributed by atoms with Crippen LogP contribution in [0.2, 0.25) is 5.02 Å². The van der Waals surface area contributed by atoms with Gasteiger partial charge in [0.15, 0.2) is 0 Å². The van der Waals surface area contributed by atoms with Gasteiger partial charge in [0, 0.05) is 16.8 Å². The number of benzene rings is 1. The molecule has 0 fully saturated rings. The fourth-order valence-corrected chi connectivity index (χ4v) is 1.67. The Labute approximate surface area is 107 Å². The Kier molecular flexibility index (Phi) is 5.56. The van der Waals surface area contributed by atoms with Gasteiger partial charge in [-0.2, -0.15) is 13.2 Å². The van der Waals surface area contributed by atoms with E-state index in [0.717, 1.165) is 5.56 Å². The average Bonchev–Trinajstić information content (AvgIpc) is 2.24. The van der Waals surface area contributed by atoms with Crippen LogP contribution >= 0.6 is 23.2 Å². The molecule has 0 aliphatic carbocycles. The number of rotatable bonds is 5. The second kappa shape index (κ2) is 6.47. The molecule has 0 saturated heterocycles. The lowest BCUT2D eigenvalue weighted by atomic mass is 10.0. The molecule has 0 heterocycles. The van der Waals surface area contributed by atoms with Gasteiger partial charge in [0.1, 0.15) is 6.61 Å². The van der Waals surface area contributed by atoms with Gasteiger partial charge in [-0.15, -0.1) is 11.6 Å². The van der Waals surface area contributed by atoms with Crippen molar-refractivity contribution in [3.8, 4) is 0 Å². The Bertz CT molecular complexity index is 338. The molecule has 0 radical (unpaired) electrons. The fraction of sp³-hybridized carbons (Fsp3) is 0.455. The zero-order chi connectivity index (χ0) is 12.9.